The molecule has 0 aliphatic carbocycles. The number of amides is 1. The van der Waals surface area contributed by atoms with Crippen molar-refractivity contribution in [3.05, 3.63) is 34.8 Å². The Morgan fingerprint density at radius 1 is 1.20 bits per heavy atom. The maximum Gasteiger partial charge on any atom is 0.335 e. The molecule has 2 aromatic rings. The zero-order chi connectivity index (χ0) is 18.4. The summed E-state index contributed by atoms with van der Waals surface area (Å²) >= 11 is 0. The van der Waals surface area contributed by atoms with Crippen LogP contribution in [0.3, 0.4) is 0 Å². The summed E-state index contributed by atoms with van der Waals surface area (Å²) in [5, 5.41) is 23.1. The Morgan fingerprint density at radius 3 is 2.36 bits per heavy atom. The molecule has 1 amide bonds. The molecule has 0 radical (unpaired) electrons. The van der Waals surface area contributed by atoms with Crippen LogP contribution in [-0.2, 0) is 4.79 Å². The Labute approximate surface area is 144 Å². The molecule has 2 aromatic heterocycles. The number of aliphatic hydroxyl groups is 1. The Hall–Kier alpha value is -2.61. The number of carbonyl (C=O) groups is 2. The van der Waals surface area contributed by atoms with Crippen molar-refractivity contribution >= 4 is 11.9 Å². The van der Waals surface area contributed by atoms with E-state index in [-0.39, 0.29) is 31.8 Å². The van der Waals surface area contributed by atoms with Crippen LogP contribution in [0.1, 0.15) is 40.3 Å². The lowest BCUT2D eigenvalue weighted by atomic mass is 9.91. The minimum atomic E-state index is -1.74. The molecule has 0 saturated carbocycles. The first-order chi connectivity index (χ1) is 11.7. The molecule has 8 nitrogen and oxygen atoms in total. The molecule has 134 valence electrons. The fourth-order valence-electron chi connectivity index (χ4n) is 3.25. The average Bonchev–Trinajstić information content (AvgIpc) is 3.10. The van der Waals surface area contributed by atoms with Crippen molar-refractivity contribution < 1.29 is 24.3 Å². The van der Waals surface area contributed by atoms with Gasteiger partial charge < -0.3 is 19.6 Å². The van der Waals surface area contributed by atoms with Gasteiger partial charge in [0, 0.05) is 43.4 Å². The second-order valence-electron chi connectivity index (χ2n) is 6.54. The molecular formula is C17H21N3O5. The van der Waals surface area contributed by atoms with Gasteiger partial charge in [-0.1, -0.05) is 5.16 Å². The number of piperidine rings is 1. The van der Waals surface area contributed by atoms with Crippen molar-refractivity contribution in [1.82, 2.24) is 14.6 Å². The molecule has 0 unspecified atom stereocenters. The molecule has 0 aromatic carbocycles. The first-order valence-corrected chi connectivity index (χ1v) is 8.10. The van der Waals surface area contributed by atoms with Crippen molar-refractivity contribution in [2.24, 2.45) is 0 Å². The number of carbonyl (C=O) groups excluding carboxylic acids is 1. The van der Waals surface area contributed by atoms with Gasteiger partial charge in [0.25, 0.3) is 5.91 Å². The van der Waals surface area contributed by atoms with Crippen LogP contribution in [0.5, 0.6) is 0 Å². The lowest BCUT2D eigenvalue weighted by Crippen LogP contribution is -2.50. The Bertz CT molecular complexity index is 827. The number of aliphatic carboxylic acids is 1. The van der Waals surface area contributed by atoms with E-state index in [4.69, 9.17) is 9.63 Å². The number of hydrogen-bond acceptors (Lipinski definition) is 5. The van der Waals surface area contributed by atoms with Crippen molar-refractivity contribution in [3.63, 3.8) is 0 Å². The van der Waals surface area contributed by atoms with Crippen molar-refractivity contribution in [3.8, 4) is 5.82 Å². The number of hydrogen-bond donors (Lipinski definition) is 2. The van der Waals surface area contributed by atoms with Gasteiger partial charge in [0.05, 0.1) is 5.56 Å². The van der Waals surface area contributed by atoms with E-state index in [1.807, 2.05) is 18.4 Å². The smallest absolute Gasteiger partial charge is 0.335 e. The quantitative estimate of drug-likeness (QED) is 0.870. The Kier molecular flexibility index (Phi) is 4.16. The highest BCUT2D eigenvalue weighted by Gasteiger charge is 2.40. The molecule has 8 heteroatoms. The molecule has 0 spiro atoms. The lowest BCUT2D eigenvalue weighted by Gasteiger charge is -2.35. The summed E-state index contributed by atoms with van der Waals surface area (Å²) < 4.78 is 6.96. The average molecular weight is 347 g/mol. The van der Waals surface area contributed by atoms with E-state index in [1.54, 1.807) is 24.0 Å². The molecule has 0 bridgehead atoms. The van der Waals surface area contributed by atoms with Gasteiger partial charge in [-0.15, -0.1) is 0 Å². The van der Waals surface area contributed by atoms with Crippen molar-refractivity contribution in [2.75, 3.05) is 13.1 Å². The highest BCUT2D eigenvalue weighted by atomic mass is 16.5. The molecule has 1 aliphatic rings. The number of carboxylic acids is 1. The summed E-state index contributed by atoms with van der Waals surface area (Å²) in [4.78, 5) is 25.5. The zero-order valence-corrected chi connectivity index (χ0v) is 14.4. The van der Waals surface area contributed by atoms with Crippen LogP contribution in [-0.4, -0.2) is 55.4 Å². The first kappa shape index (κ1) is 17.2. The largest absolute Gasteiger partial charge is 0.479 e. The maximum atomic E-state index is 12.8. The maximum absolute atomic E-state index is 12.8. The van der Waals surface area contributed by atoms with Crippen LogP contribution in [0.2, 0.25) is 0 Å². The Balaban J connectivity index is 1.84. The predicted octanol–water partition coefficient (Wildman–Crippen LogP) is 1.44. The third-order valence-electron chi connectivity index (χ3n) is 4.78. The van der Waals surface area contributed by atoms with Gasteiger partial charge in [0.15, 0.2) is 11.4 Å². The summed E-state index contributed by atoms with van der Waals surface area (Å²) in [6.45, 7) is 5.92. The van der Waals surface area contributed by atoms with Crippen LogP contribution >= 0.6 is 0 Å². The third-order valence-corrected chi connectivity index (χ3v) is 4.78. The summed E-state index contributed by atoms with van der Waals surface area (Å²) in [6.07, 6.45) is 0.0462. The summed E-state index contributed by atoms with van der Waals surface area (Å²) in [6, 6.07) is 3.59. The van der Waals surface area contributed by atoms with Gasteiger partial charge in [-0.3, -0.25) is 9.36 Å². The highest BCUT2D eigenvalue weighted by molar-refractivity contribution is 5.96. The predicted molar refractivity (Wildman–Crippen MR) is 87.8 cm³/mol. The normalized spacial score (nSPS) is 16.9. The fraction of sp³-hybridized carbons (Fsp3) is 0.471. The van der Waals surface area contributed by atoms with Gasteiger partial charge in [-0.2, -0.15) is 0 Å². The van der Waals surface area contributed by atoms with Crippen molar-refractivity contribution in [1.29, 1.82) is 0 Å². The molecule has 25 heavy (non-hydrogen) atoms. The zero-order valence-electron chi connectivity index (χ0n) is 14.4. The molecule has 1 fully saturated rings. The monoisotopic (exact) mass is 347 g/mol. The number of likely N-dealkylation sites (tertiary alicyclic amines) is 1. The number of aryl methyl sites for hydroxylation is 2. The fourth-order valence-corrected chi connectivity index (χ4v) is 3.25. The van der Waals surface area contributed by atoms with E-state index in [0.29, 0.717) is 17.1 Å². The Morgan fingerprint density at radius 2 is 1.84 bits per heavy atom. The van der Waals surface area contributed by atoms with Crippen LogP contribution in [0.4, 0.5) is 0 Å². The standard InChI is InChI=1S/C17H21N3O5/c1-10-8-13(12(3)20(10)14-9-11(2)25-18-14)15(21)19-6-4-17(24,5-7-19)16(22)23/h8-9,24H,4-7H2,1-3H3,(H,22,23). The highest BCUT2D eigenvalue weighted by Crippen LogP contribution is 2.26. The number of carboxylic acid groups (broad SMARTS) is 1. The lowest BCUT2D eigenvalue weighted by molar-refractivity contribution is -0.162. The van der Waals surface area contributed by atoms with E-state index in [9.17, 15) is 14.7 Å². The molecule has 1 aliphatic heterocycles. The summed E-state index contributed by atoms with van der Waals surface area (Å²) in [5.41, 5.74) is 0.397. The first-order valence-electron chi connectivity index (χ1n) is 8.10. The number of aromatic nitrogens is 2. The molecule has 3 heterocycles. The molecular weight excluding hydrogens is 326 g/mol. The van der Waals surface area contributed by atoms with Gasteiger partial charge in [0.1, 0.15) is 5.76 Å². The third kappa shape index (κ3) is 2.93. The van der Waals surface area contributed by atoms with Crippen LogP contribution in [0.15, 0.2) is 16.7 Å². The minimum absolute atomic E-state index is 0.0231. The second kappa shape index (κ2) is 6.03. The molecule has 1 saturated heterocycles. The summed E-state index contributed by atoms with van der Waals surface area (Å²) in [7, 11) is 0. The van der Waals surface area contributed by atoms with Crippen LogP contribution < -0.4 is 0 Å². The van der Waals surface area contributed by atoms with Gasteiger partial charge >= 0.3 is 5.97 Å². The van der Waals surface area contributed by atoms with Gasteiger partial charge in [-0.25, -0.2) is 4.79 Å². The van der Waals surface area contributed by atoms with E-state index in [1.165, 1.54) is 0 Å². The van der Waals surface area contributed by atoms with E-state index < -0.39 is 11.6 Å². The molecule has 3 rings (SSSR count). The van der Waals surface area contributed by atoms with Gasteiger partial charge in [0.2, 0.25) is 0 Å². The number of nitrogens with zero attached hydrogens (tertiary/aromatic N) is 3. The SMILES string of the molecule is Cc1cc(-n2c(C)cc(C(=O)N3CCC(O)(C(=O)O)CC3)c2C)no1. The van der Waals surface area contributed by atoms with E-state index in [0.717, 1.165) is 11.4 Å². The van der Waals surface area contributed by atoms with E-state index >= 15 is 0 Å². The topological polar surface area (TPSA) is 109 Å². The van der Waals surface area contributed by atoms with E-state index in [2.05, 4.69) is 5.16 Å². The molecule has 2 N–H and O–H groups in total. The van der Waals surface area contributed by atoms with Crippen molar-refractivity contribution in [2.45, 2.75) is 39.2 Å². The van der Waals surface area contributed by atoms with Crippen LogP contribution in [0.25, 0.3) is 5.82 Å². The minimum Gasteiger partial charge on any atom is -0.479 e. The van der Waals surface area contributed by atoms with Gasteiger partial charge in [-0.05, 0) is 26.8 Å². The van der Waals surface area contributed by atoms with Crippen LogP contribution in [0, 0.1) is 20.8 Å². The second-order valence-corrected chi connectivity index (χ2v) is 6.54. The summed E-state index contributed by atoms with van der Waals surface area (Å²) in [5.74, 6) is -0.115. The number of rotatable bonds is 3. The molecule has 0 atom stereocenters.